The summed E-state index contributed by atoms with van der Waals surface area (Å²) in [6.45, 7) is 5.49. The van der Waals surface area contributed by atoms with E-state index in [-0.39, 0.29) is 0 Å². The first kappa shape index (κ1) is 10.1. The molecule has 0 spiro atoms. The average molecular weight is 213 g/mol. The lowest BCUT2D eigenvalue weighted by molar-refractivity contribution is 0.245. The van der Waals surface area contributed by atoms with Crippen molar-refractivity contribution in [1.82, 2.24) is 5.32 Å². The molecule has 0 aromatic rings. The lowest BCUT2D eigenvalue weighted by atomic mass is 9.70. The first-order valence-electron chi connectivity index (χ1n) is 6.21. The molecule has 0 saturated carbocycles. The van der Waals surface area contributed by atoms with Crippen LogP contribution in [0.5, 0.6) is 0 Å². The van der Waals surface area contributed by atoms with E-state index in [0.717, 1.165) is 6.54 Å². The van der Waals surface area contributed by atoms with Gasteiger partial charge >= 0.3 is 0 Å². The molecule has 0 bridgehead atoms. The standard InChI is InChI=1S/C15H19N/c1-10-3-5-13-12(7-10)9-16-15-8-11(2)4-6-14(13)15/h3-8,12-16H,9H2,1-2H3. The molecule has 1 heteroatoms. The van der Waals surface area contributed by atoms with Crippen LogP contribution in [0.25, 0.3) is 0 Å². The summed E-state index contributed by atoms with van der Waals surface area (Å²) in [6.07, 6.45) is 14.2. The second-order valence-corrected chi connectivity index (χ2v) is 5.29. The van der Waals surface area contributed by atoms with Gasteiger partial charge in [0.1, 0.15) is 0 Å². The number of hydrogen-bond acceptors (Lipinski definition) is 1. The Hall–Kier alpha value is -1.08. The van der Waals surface area contributed by atoms with Gasteiger partial charge < -0.3 is 5.32 Å². The summed E-state index contributed by atoms with van der Waals surface area (Å²) in [4.78, 5) is 0. The van der Waals surface area contributed by atoms with Crippen LogP contribution in [0.3, 0.4) is 0 Å². The molecule has 1 aliphatic heterocycles. The van der Waals surface area contributed by atoms with E-state index in [4.69, 9.17) is 0 Å². The number of hydrogen-bond donors (Lipinski definition) is 1. The van der Waals surface area contributed by atoms with Crippen LogP contribution in [0.4, 0.5) is 0 Å². The van der Waals surface area contributed by atoms with E-state index in [2.05, 4.69) is 55.6 Å². The quantitative estimate of drug-likeness (QED) is 0.652. The molecule has 84 valence electrons. The molecule has 0 amide bonds. The zero-order valence-electron chi connectivity index (χ0n) is 9.98. The van der Waals surface area contributed by atoms with E-state index in [1.54, 1.807) is 0 Å². The molecule has 3 rings (SSSR count). The second-order valence-electron chi connectivity index (χ2n) is 5.29. The van der Waals surface area contributed by atoms with Crippen LogP contribution in [0.1, 0.15) is 13.8 Å². The Morgan fingerprint density at radius 3 is 2.50 bits per heavy atom. The van der Waals surface area contributed by atoms with Crippen molar-refractivity contribution in [2.24, 2.45) is 17.8 Å². The van der Waals surface area contributed by atoms with Crippen LogP contribution in [0.2, 0.25) is 0 Å². The van der Waals surface area contributed by atoms with Gasteiger partial charge in [0.25, 0.3) is 0 Å². The summed E-state index contributed by atoms with van der Waals surface area (Å²) in [7, 11) is 0. The average Bonchev–Trinajstić information content (AvgIpc) is 2.28. The summed E-state index contributed by atoms with van der Waals surface area (Å²) in [6, 6.07) is 0.544. The Bertz CT molecular complexity index is 371. The Balaban J connectivity index is 1.88. The van der Waals surface area contributed by atoms with Crippen molar-refractivity contribution in [1.29, 1.82) is 0 Å². The van der Waals surface area contributed by atoms with Crippen LogP contribution in [0, 0.1) is 17.8 Å². The molecule has 1 saturated heterocycles. The van der Waals surface area contributed by atoms with Gasteiger partial charge in [-0.1, -0.05) is 47.6 Å². The Morgan fingerprint density at radius 1 is 1.00 bits per heavy atom. The minimum atomic E-state index is 0.544. The van der Waals surface area contributed by atoms with Crippen molar-refractivity contribution in [2.75, 3.05) is 6.54 Å². The van der Waals surface area contributed by atoms with Crippen molar-refractivity contribution in [3.05, 3.63) is 47.6 Å². The predicted octanol–water partition coefficient (Wildman–Crippen LogP) is 2.84. The molecule has 1 heterocycles. The monoisotopic (exact) mass is 213 g/mol. The largest absolute Gasteiger partial charge is 0.309 e. The highest BCUT2D eigenvalue weighted by molar-refractivity contribution is 5.32. The minimum absolute atomic E-state index is 0.544. The van der Waals surface area contributed by atoms with Crippen LogP contribution < -0.4 is 5.32 Å². The third-order valence-electron chi connectivity index (χ3n) is 4.02. The van der Waals surface area contributed by atoms with Crippen molar-refractivity contribution < 1.29 is 0 Å². The summed E-state index contributed by atoms with van der Waals surface area (Å²) >= 11 is 0. The zero-order chi connectivity index (χ0) is 11.1. The lowest BCUT2D eigenvalue weighted by Gasteiger charge is -2.42. The number of nitrogens with one attached hydrogen (secondary N) is 1. The molecule has 2 aliphatic carbocycles. The zero-order valence-corrected chi connectivity index (χ0v) is 9.98. The van der Waals surface area contributed by atoms with Crippen LogP contribution >= 0.6 is 0 Å². The normalized spacial score (nSPS) is 40.9. The summed E-state index contributed by atoms with van der Waals surface area (Å²) in [5, 5.41) is 3.67. The van der Waals surface area contributed by atoms with Crippen molar-refractivity contribution >= 4 is 0 Å². The van der Waals surface area contributed by atoms with Gasteiger partial charge in [-0.25, -0.2) is 0 Å². The van der Waals surface area contributed by atoms with Gasteiger partial charge in [-0.05, 0) is 25.7 Å². The Kier molecular flexibility index (Phi) is 2.36. The van der Waals surface area contributed by atoms with E-state index in [0.29, 0.717) is 23.8 Å². The third kappa shape index (κ3) is 1.60. The number of fused-ring (bicyclic) bond motifs is 3. The van der Waals surface area contributed by atoms with E-state index in [1.807, 2.05) is 0 Å². The van der Waals surface area contributed by atoms with Crippen molar-refractivity contribution in [3.63, 3.8) is 0 Å². The number of piperidine rings is 1. The Labute approximate surface area is 97.6 Å². The van der Waals surface area contributed by atoms with E-state index in [1.165, 1.54) is 11.1 Å². The second kappa shape index (κ2) is 3.74. The number of rotatable bonds is 0. The van der Waals surface area contributed by atoms with Crippen molar-refractivity contribution in [3.8, 4) is 0 Å². The van der Waals surface area contributed by atoms with E-state index in [9.17, 15) is 0 Å². The van der Waals surface area contributed by atoms with E-state index < -0.39 is 0 Å². The van der Waals surface area contributed by atoms with Gasteiger partial charge in [-0.2, -0.15) is 0 Å². The molecule has 1 N–H and O–H groups in total. The van der Waals surface area contributed by atoms with Crippen LogP contribution in [-0.2, 0) is 0 Å². The highest BCUT2D eigenvalue weighted by atomic mass is 14.9. The van der Waals surface area contributed by atoms with Gasteiger partial charge in [-0.15, -0.1) is 0 Å². The summed E-state index contributed by atoms with van der Waals surface area (Å²) in [5.41, 5.74) is 2.80. The molecule has 1 fully saturated rings. The first-order valence-corrected chi connectivity index (χ1v) is 6.21. The van der Waals surface area contributed by atoms with Crippen LogP contribution in [-0.4, -0.2) is 12.6 Å². The molecule has 3 aliphatic rings. The third-order valence-corrected chi connectivity index (χ3v) is 4.02. The molecular formula is C15H19N. The molecule has 16 heavy (non-hydrogen) atoms. The summed E-state index contributed by atoms with van der Waals surface area (Å²) < 4.78 is 0. The molecule has 1 nitrogen and oxygen atoms in total. The fourth-order valence-electron chi connectivity index (χ4n) is 3.19. The highest BCUT2D eigenvalue weighted by Gasteiger charge is 2.36. The van der Waals surface area contributed by atoms with Gasteiger partial charge in [-0.3, -0.25) is 0 Å². The van der Waals surface area contributed by atoms with Gasteiger partial charge in [0, 0.05) is 18.5 Å². The van der Waals surface area contributed by atoms with Gasteiger partial charge in [0.05, 0.1) is 0 Å². The van der Waals surface area contributed by atoms with Crippen molar-refractivity contribution in [2.45, 2.75) is 19.9 Å². The molecule has 4 unspecified atom stereocenters. The maximum Gasteiger partial charge on any atom is 0.0324 e. The van der Waals surface area contributed by atoms with Gasteiger partial charge in [0.2, 0.25) is 0 Å². The molecular weight excluding hydrogens is 194 g/mol. The summed E-state index contributed by atoms with van der Waals surface area (Å²) in [5.74, 6) is 2.02. The smallest absolute Gasteiger partial charge is 0.0324 e. The fourth-order valence-corrected chi connectivity index (χ4v) is 3.19. The Morgan fingerprint density at radius 2 is 1.69 bits per heavy atom. The predicted molar refractivity (Wildman–Crippen MR) is 68.1 cm³/mol. The van der Waals surface area contributed by atoms with E-state index >= 15 is 0 Å². The molecule has 0 aromatic heterocycles. The molecule has 4 atom stereocenters. The lowest BCUT2D eigenvalue weighted by Crippen LogP contribution is -2.49. The number of allylic oxidation sites excluding steroid dienone is 5. The topological polar surface area (TPSA) is 12.0 Å². The van der Waals surface area contributed by atoms with Gasteiger partial charge in [0.15, 0.2) is 0 Å². The molecule has 0 radical (unpaired) electrons. The first-order chi connectivity index (χ1) is 7.74. The molecule has 0 aromatic carbocycles. The van der Waals surface area contributed by atoms with Crippen LogP contribution in [0.15, 0.2) is 47.6 Å². The maximum absolute atomic E-state index is 3.67. The highest BCUT2D eigenvalue weighted by Crippen LogP contribution is 2.37. The fraction of sp³-hybridized carbons (Fsp3) is 0.467. The maximum atomic E-state index is 3.67. The minimum Gasteiger partial charge on any atom is -0.309 e. The SMILES string of the molecule is CC1=CC2CNC3C=C(C)C=CC3C2C=C1.